The quantitative estimate of drug-likeness (QED) is 0.365. The van der Waals surface area contributed by atoms with Crippen LogP contribution in [-0.4, -0.2) is 29.2 Å². The number of esters is 1. The molecule has 4 aliphatic carbocycles. The Morgan fingerprint density at radius 3 is 2.20 bits per heavy atom. The summed E-state index contributed by atoms with van der Waals surface area (Å²) in [5.74, 6) is 1.10. The highest BCUT2D eigenvalue weighted by molar-refractivity contribution is 6.06. The van der Waals surface area contributed by atoms with Crippen LogP contribution < -0.4 is 4.74 Å². The van der Waals surface area contributed by atoms with Gasteiger partial charge >= 0.3 is 5.97 Å². The van der Waals surface area contributed by atoms with E-state index in [4.69, 9.17) is 4.74 Å². The van der Waals surface area contributed by atoms with Gasteiger partial charge in [0.2, 0.25) is 11.8 Å². The van der Waals surface area contributed by atoms with Gasteiger partial charge in [0.1, 0.15) is 5.75 Å². The number of likely N-dealkylation sites (tertiary alicyclic amines) is 1. The van der Waals surface area contributed by atoms with E-state index >= 15 is 0 Å². The van der Waals surface area contributed by atoms with Crippen LogP contribution in [0.15, 0.2) is 42.5 Å². The van der Waals surface area contributed by atoms with Gasteiger partial charge in [0.05, 0.1) is 18.3 Å². The number of imide groups is 1. The van der Waals surface area contributed by atoms with Crippen molar-refractivity contribution in [2.75, 3.05) is 6.54 Å². The van der Waals surface area contributed by atoms with Crippen molar-refractivity contribution in [1.29, 1.82) is 0 Å². The molecule has 1 aromatic carbocycles. The molecule has 0 N–H and O–H groups in total. The number of allylic oxidation sites excluding steroid dienone is 2. The van der Waals surface area contributed by atoms with Crippen LogP contribution >= 0.6 is 0 Å². The molecule has 25 heavy (non-hydrogen) atoms. The van der Waals surface area contributed by atoms with Crippen molar-refractivity contribution >= 4 is 17.8 Å². The normalized spacial score (nSPS) is 37.0. The van der Waals surface area contributed by atoms with Crippen molar-refractivity contribution in [2.45, 2.75) is 12.8 Å². The summed E-state index contributed by atoms with van der Waals surface area (Å²) in [4.78, 5) is 38.9. The van der Waals surface area contributed by atoms with Crippen LogP contribution in [0.2, 0.25) is 0 Å². The van der Waals surface area contributed by atoms with Crippen LogP contribution in [0.25, 0.3) is 0 Å². The third kappa shape index (κ3) is 2.18. The fourth-order valence-electron chi connectivity index (χ4n) is 5.11. The average Bonchev–Trinajstić information content (AvgIpc) is 3.40. The fraction of sp³-hybridized carbons (Fsp3) is 0.450. The summed E-state index contributed by atoms with van der Waals surface area (Å²) < 4.78 is 5.24. The second kappa shape index (κ2) is 5.28. The largest absolute Gasteiger partial charge is 0.426 e. The minimum atomic E-state index is -0.425. The number of hydrogen-bond acceptors (Lipinski definition) is 4. The minimum Gasteiger partial charge on any atom is -0.426 e. The Kier molecular flexibility index (Phi) is 3.14. The maximum atomic E-state index is 12.8. The van der Waals surface area contributed by atoms with Crippen LogP contribution in [0.5, 0.6) is 5.75 Å². The lowest BCUT2D eigenvalue weighted by molar-refractivity contribution is -0.141. The number of carbonyl (C=O) groups is 3. The van der Waals surface area contributed by atoms with E-state index in [0.29, 0.717) is 17.6 Å². The molecule has 0 spiro atoms. The summed E-state index contributed by atoms with van der Waals surface area (Å²) in [5.41, 5.74) is 0. The molecule has 0 radical (unpaired) electrons. The summed E-state index contributed by atoms with van der Waals surface area (Å²) in [6, 6.07) is 8.82. The van der Waals surface area contributed by atoms with E-state index in [0.717, 1.165) is 6.42 Å². The zero-order valence-corrected chi connectivity index (χ0v) is 13.7. The number of rotatable bonds is 4. The van der Waals surface area contributed by atoms with Gasteiger partial charge in [-0.15, -0.1) is 0 Å². The Morgan fingerprint density at radius 1 is 1.00 bits per heavy atom. The molecule has 128 valence electrons. The van der Waals surface area contributed by atoms with Crippen LogP contribution in [0.1, 0.15) is 12.8 Å². The van der Waals surface area contributed by atoms with Gasteiger partial charge in [-0.2, -0.15) is 0 Å². The standard InChI is InChI=1S/C20H19NO4/c22-16(25-11-4-2-1-3-5-11)8-9-21-19(23)17-12-6-7-13(15-10-14(12)15)18(17)20(21)24/h1-7,12-15,17-18H,8-10H2/t12-,13-,14-,15+,17-,18+/m0/s1. The number of benzene rings is 1. The molecule has 3 fully saturated rings. The smallest absolute Gasteiger partial charge is 0.312 e. The predicted octanol–water partition coefficient (Wildman–Crippen LogP) is 2.04. The third-order valence-corrected chi connectivity index (χ3v) is 6.27. The van der Waals surface area contributed by atoms with Crippen molar-refractivity contribution in [3.8, 4) is 5.75 Å². The van der Waals surface area contributed by atoms with Gasteiger partial charge in [-0.25, -0.2) is 0 Å². The van der Waals surface area contributed by atoms with Gasteiger partial charge < -0.3 is 4.74 Å². The summed E-state index contributed by atoms with van der Waals surface area (Å²) in [6.07, 6.45) is 5.48. The molecule has 2 bridgehead atoms. The van der Waals surface area contributed by atoms with E-state index in [1.54, 1.807) is 24.3 Å². The number of amides is 2. The SMILES string of the molecule is O=C(CCN1C(=O)[C@@H]2[C@H]3C=C[C@@H]([C@@H]4C[C@H]34)[C@@H]2C1=O)Oc1ccccc1. The number of nitrogens with zero attached hydrogens (tertiary/aromatic N) is 1. The Hall–Kier alpha value is -2.43. The minimum absolute atomic E-state index is 0.0292. The topological polar surface area (TPSA) is 63.7 Å². The molecule has 1 heterocycles. The molecular weight excluding hydrogens is 318 g/mol. The van der Waals surface area contributed by atoms with E-state index in [2.05, 4.69) is 12.2 Å². The molecule has 5 heteroatoms. The highest BCUT2D eigenvalue weighted by Crippen LogP contribution is 2.65. The fourth-order valence-corrected chi connectivity index (χ4v) is 5.11. The summed E-state index contributed by atoms with van der Waals surface area (Å²) in [5, 5.41) is 0. The maximum absolute atomic E-state index is 12.8. The summed E-state index contributed by atoms with van der Waals surface area (Å²) >= 11 is 0. The van der Waals surface area contributed by atoms with Crippen molar-refractivity contribution in [1.82, 2.24) is 4.90 Å². The molecule has 1 aromatic rings. The summed E-state index contributed by atoms with van der Waals surface area (Å²) in [6.45, 7) is 0.116. The van der Waals surface area contributed by atoms with Crippen molar-refractivity contribution in [3.05, 3.63) is 42.5 Å². The van der Waals surface area contributed by atoms with Gasteiger partial charge in [0.15, 0.2) is 0 Å². The van der Waals surface area contributed by atoms with Crippen LogP contribution in [0.3, 0.4) is 0 Å². The Morgan fingerprint density at radius 2 is 1.60 bits per heavy atom. The number of para-hydroxylation sites is 1. The van der Waals surface area contributed by atoms with Gasteiger partial charge in [-0.05, 0) is 42.2 Å². The number of ether oxygens (including phenoxy) is 1. The monoisotopic (exact) mass is 337 g/mol. The van der Waals surface area contributed by atoms with Crippen molar-refractivity contribution in [3.63, 3.8) is 0 Å². The predicted molar refractivity (Wildman–Crippen MR) is 88.1 cm³/mol. The lowest BCUT2D eigenvalue weighted by atomic mass is 9.63. The zero-order valence-electron chi connectivity index (χ0n) is 13.7. The lowest BCUT2D eigenvalue weighted by Gasteiger charge is -2.37. The van der Waals surface area contributed by atoms with Gasteiger partial charge in [-0.1, -0.05) is 30.4 Å². The molecule has 6 rings (SSSR count). The Labute approximate surface area is 145 Å². The average molecular weight is 337 g/mol. The highest BCUT2D eigenvalue weighted by atomic mass is 16.5. The van der Waals surface area contributed by atoms with Gasteiger partial charge in [0.25, 0.3) is 0 Å². The Balaban J connectivity index is 1.26. The molecule has 0 aromatic heterocycles. The molecule has 5 aliphatic rings. The third-order valence-electron chi connectivity index (χ3n) is 6.27. The van der Waals surface area contributed by atoms with Crippen LogP contribution in [0, 0.1) is 35.5 Å². The molecular formula is C20H19NO4. The first kappa shape index (κ1) is 14.9. The second-order valence-corrected chi connectivity index (χ2v) is 7.52. The van der Waals surface area contributed by atoms with E-state index in [9.17, 15) is 14.4 Å². The lowest BCUT2D eigenvalue weighted by Crippen LogP contribution is -2.40. The molecule has 6 atom stereocenters. The molecule has 1 aliphatic heterocycles. The molecule has 5 nitrogen and oxygen atoms in total. The Bertz CT molecular complexity index is 750. The van der Waals surface area contributed by atoms with Gasteiger partial charge in [-0.3, -0.25) is 19.3 Å². The first-order valence-corrected chi connectivity index (χ1v) is 8.94. The molecule has 0 unspecified atom stereocenters. The summed E-state index contributed by atoms with van der Waals surface area (Å²) in [7, 11) is 0. The first-order valence-electron chi connectivity index (χ1n) is 8.94. The van der Waals surface area contributed by atoms with E-state index in [-0.39, 0.29) is 48.5 Å². The molecule has 1 saturated heterocycles. The van der Waals surface area contributed by atoms with E-state index < -0.39 is 5.97 Å². The maximum Gasteiger partial charge on any atom is 0.312 e. The highest BCUT2D eigenvalue weighted by Gasteiger charge is 2.66. The van der Waals surface area contributed by atoms with Crippen molar-refractivity contribution in [2.24, 2.45) is 35.5 Å². The van der Waals surface area contributed by atoms with Gasteiger partial charge in [0, 0.05) is 6.54 Å². The van der Waals surface area contributed by atoms with Crippen molar-refractivity contribution < 1.29 is 19.1 Å². The van der Waals surface area contributed by atoms with E-state index in [1.807, 2.05) is 6.07 Å². The molecule has 2 amide bonds. The van der Waals surface area contributed by atoms with Crippen LogP contribution in [0.4, 0.5) is 0 Å². The van der Waals surface area contributed by atoms with E-state index in [1.165, 1.54) is 4.90 Å². The number of carbonyl (C=O) groups excluding carboxylic acids is 3. The zero-order chi connectivity index (χ0) is 17.1. The molecule has 2 saturated carbocycles. The van der Waals surface area contributed by atoms with Crippen LogP contribution in [-0.2, 0) is 14.4 Å². The second-order valence-electron chi connectivity index (χ2n) is 7.52. The number of hydrogen-bond donors (Lipinski definition) is 0. The first-order chi connectivity index (χ1) is 12.1.